The first-order valence-electron chi connectivity index (χ1n) is 7.75. The lowest BCUT2D eigenvalue weighted by Crippen LogP contribution is -2.44. The highest BCUT2D eigenvalue weighted by molar-refractivity contribution is 6.39. The fraction of sp³-hybridized carbons (Fsp3) is 0.500. The summed E-state index contributed by atoms with van der Waals surface area (Å²) in [7, 11) is 0. The van der Waals surface area contributed by atoms with Crippen molar-refractivity contribution in [2.24, 2.45) is 0 Å². The van der Waals surface area contributed by atoms with Crippen LogP contribution < -0.4 is 10.6 Å². The van der Waals surface area contributed by atoms with E-state index in [-0.39, 0.29) is 10.7 Å². The number of rotatable bonds is 4. The maximum absolute atomic E-state index is 13.6. The predicted octanol–water partition coefficient (Wildman–Crippen LogP) is 2.41. The molecule has 1 aromatic rings. The second kappa shape index (κ2) is 8.26. The van der Waals surface area contributed by atoms with Gasteiger partial charge in [0.05, 0.1) is 5.69 Å². The van der Waals surface area contributed by atoms with Gasteiger partial charge in [0.25, 0.3) is 0 Å². The number of carbonyl (C=O) groups is 2. The van der Waals surface area contributed by atoms with Crippen LogP contribution in [0.2, 0.25) is 5.02 Å². The zero-order valence-corrected chi connectivity index (χ0v) is 13.8. The summed E-state index contributed by atoms with van der Waals surface area (Å²) in [5.74, 6) is -2.34. The lowest BCUT2D eigenvalue weighted by Gasteiger charge is -2.33. The Labute approximate surface area is 140 Å². The molecular weight excluding hydrogens is 321 g/mol. The van der Waals surface area contributed by atoms with E-state index < -0.39 is 17.6 Å². The molecule has 0 aliphatic carbocycles. The van der Waals surface area contributed by atoms with E-state index in [1.807, 2.05) is 0 Å². The van der Waals surface area contributed by atoms with E-state index in [2.05, 4.69) is 22.5 Å². The molecule has 1 aromatic carbocycles. The number of nitrogens with zero attached hydrogens (tertiary/aromatic N) is 1. The first-order valence-corrected chi connectivity index (χ1v) is 8.13. The topological polar surface area (TPSA) is 61.4 Å². The van der Waals surface area contributed by atoms with E-state index in [1.165, 1.54) is 18.6 Å². The molecule has 0 spiro atoms. The van der Waals surface area contributed by atoms with E-state index in [0.717, 1.165) is 25.5 Å². The molecule has 1 saturated heterocycles. The standard InChI is InChI=1S/C16H21ClFN3O2/c1-11-4-2-3-8-21(11)9-7-19-15(22)16(23)20-14-6-5-12(17)10-13(14)18/h5-6,10-11H,2-4,7-9H2,1H3,(H,19,22)(H,20,23). The van der Waals surface area contributed by atoms with Gasteiger partial charge in [-0.3, -0.25) is 14.5 Å². The third-order valence-electron chi connectivity index (χ3n) is 4.01. The first-order chi connectivity index (χ1) is 11.0. The molecule has 1 fully saturated rings. The molecule has 2 rings (SSSR count). The van der Waals surface area contributed by atoms with Gasteiger partial charge in [-0.2, -0.15) is 0 Å². The number of amides is 2. The molecule has 5 nitrogen and oxygen atoms in total. The molecule has 1 unspecified atom stereocenters. The molecule has 23 heavy (non-hydrogen) atoms. The van der Waals surface area contributed by atoms with Crippen LogP contribution in [0.1, 0.15) is 26.2 Å². The van der Waals surface area contributed by atoms with Gasteiger partial charge in [-0.25, -0.2) is 4.39 Å². The fourth-order valence-corrected chi connectivity index (χ4v) is 2.81. The van der Waals surface area contributed by atoms with E-state index in [9.17, 15) is 14.0 Å². The SMILES string of the molecule is CC1CCCCN1CCNC(=O)C(=O)Nc1ccc(Cl)cc1F. The third kappa shape index (κ3) is 5.18. The Bertz CT molecular complexity index is 582. The van der Waals surface area contributed by atoms with Gasteiger partial charge in [0.1, 0.15) is 5.82 Å². The molecular formula is C16H21ClFN3O2. The zero-order valence-electron chi connectivity index (χ0n) is 13.1. The fourth-order valence-electron chi connectivity index (χ4n) is 2.65. The molecule has 1 atom stereocenters. The highest BCUT2D eigenvalue weighted by Gasteiger charge is 2.19. The van der Waals surface area contributed by atoms with Crippen molar-refractivity contribution < 1.29 is 14.0 Å². The average molecular weight is 342 g/mol. The Kier molecular flexibility index (Phi) is 6.36. The van der Waals surface area contributed by atoms with Gasteiger partial charge in [-0.15, -0.1) is 0 Å². The van der Waals surface area contributed by atoms with Gasteiger partial charge in [-0.1, -0.05) is 18.0 Å². The summed E-state index contributed by atoms with van der Waals surface area (Å²) < 4.78 is 13.6. The largest absolute Gasteiger partial charge is 0.347 e. The number of hydrogen-bond acceptors (Lipinski definition) is 3. The molecule has 0 aromatic heterocycles. The van der Waals surface area contributed by atoms with Gasteiger partial charge in [0.2, 0.25) is 0 Å². The van der Waals surface area contributed by atoms with Crippen LogP contribution in [-0.4, -0.2) is 42.4 Å². The second-order valence-electron chi connectivity index (χ2n) is 5.71. The van der Waals surface area contributed by atoms with Crippen molar-refractivity contribution in [2.45, 2.75) is 32.2 Å². The Morgan fingerprint density at radius 2 is 2.13 bits per heavy atom. The van der Waals surface area contributed by atoms with E-state index >= 15 is 0 Å². The minimum Gasteiger partial charge on any atom is -0.347 e. The molecule has 7 heteroatoms. The molecule has 1 heterocycles. The van der Waals surface area contributed by atoms with Crippen molar-refractivity contribution >= 4 is 29.1 Å². The number of benzene rings is 1. The number of likely N-dealkylation sites (tertiary alicyclic amines) is 1. The molecule has 126 valence electrons. The van der Waals surface area contributed by atoms with Crippen molar-refractivity contribution in [3.63, 3.8) is 0 Å². The number of carbonyl (C=O) groups excluding carboxylic acids is 2. The summed E-state index contributed by atoms with van der Waals surface area (Å²) in [4.78, 5) is 25.8. The maximum atomic E-state index is 13.6. The van der Waals surface area contributed by atoms with Crippen LogP contribution in [0.3, 0.4) is 0 Å². The van der Waals surface area contributed by atoms with Gasteiger partial charge < -0.3 is 10.6 Å². The highest BCUT2D eigenvalue weighted by atomic mass is 35.5. The quantitative estimate of drug-likeness (QED) is 0.827. The smallest absolute Gasteiger partial charge is 0.313 e. The summed E-state index contributed by atoms with van der Waals surface area (Å²) in [5, 5.41) is 5.02. The number of nitrogens with one attached hydrogen (secondary N) is 2. The predicted molar refractivity (Wildman–Crippen MR) is 87.9 cm³/mol. The average Bonchev–Trinajstić information content (AvgIpc) is 2.51. The van der Waals surface area contributed by atoms with Gasteiger partial charge >= 0.3 is 11.8 Å². The minimum absolute atomic E-state index is 0.0702. The minimum atomic E-state index is -0.891. The third-order valence-corrected chi connectivity index (χ3v) is 4.25. The number of anilines is 1. The summed E-state index contributed by atoms with van der Waals surface area (Å²) >= 11 is 5.63. The zero-order chi connectivity index (χ0) is 16.8. The Balaban J connectivity index is 1.77. The van der Waals surface area contributed by atoms with Crippen molar-refractivity contribution in [3.05, 3.63) is 29.0 Å². The molecule has 0 radical (unpaired) electrons. The van der Waals surface area contributed by atoms with Gasteiger partial charge in [0, 0.05) is 24.2 Å². The Morgan fingerprint density at radius 3 is 2.83 bits per heavy atom. The normalized spacial score (nSPS) is 18.5. The Hall–Kier alpha value is -1.66. The summed E-state index contributed by atoms with van der Waals surface area (Å²) in [6.45, 7) is 4.27. The van der Waals surface area contributed by atoms with E-state index in [4.69, 9.17) is 11.6 Å². The van der Waals surface area contributed by atoms with Crippen LogP contribution in [0, 0.1) is 5.82 Å². The van der Waals surface area contributed by atoms with Crippen LogP contribution in [-0.2, 0) is 9.59 Å². The van der Waals surface area contributed by atoms with Crippen LogP contribution in [0.4, 0.5) is 10.1 Å². The first kappa shape index (κ1) is 17.7. The summed E-state index contributed by atoms with van der Waals surface area (Å²) in [5.41, 5.74) is -0.0702. The van der Waals surface area contributed by atoms with Crippen molar-refractivity contribution in [1.29, 1.82) is 0 Å². The van der Waals surface area contributed by atoms with Crippen molar-refractivity contribution in [3.8, 4) is 0 Å². The summed E-state index contributed by atoms with van der Waals surface area (Å²) in [6.07, 6.45) is 3.55. The van der Waals surface area contributed by atoms with E-state index in [1.54, 1.807) is 0 Å². The molecule has 0 saturated carbocycles. The molecule has 0 bridgehead atoms. The second-order valence-corrected chi connectivity index (χ2v) is 6.15. The highest BCUT2D eigenvalue weighted by Crippen LogP contribution is 2.18. The van der Waals surface area contributed by atoms with Crippen molar-refractivity contribution in [1.82, 2.24) is 10.2 Å². The number of halogens is 2. The molecule has 2 N–H and O–H groups in total. The van der Waals surface area contributed by atoms with Gasteiger partial charge in [0.15, 0.2) is 0 Å². The molecule has 1 aliphatic rings. The number of hydrogen-bond donors (Lipinski definition) is 2. The molecule has 1 aliphatic heterocycles. The maximum Gasteiger partial charge on any atom is 0.313 e. The Morgan fingerprint density at radius 1 is 1.35 bits per heavy atom. The van der Waals surface area contributed by atoms with Crippen LogP contribution in [0.15, 0.2) is 18.2 Å². The lowest BCUT2D eigenvalue weighted by molar-refractivity contribution is -0.136. The monoisotopic (exact) mass is 341 g/mol. The number of piperidine rings is 1. The van der Waals surface area contributed by atoms with Crippen molar-refractivity contribution in [2.75, 3.05) is 25.0 Å². The van der Waals surface area contributed by atoms with E-state index in [0.29, 0.717) is 19.1 Å². The van der Waals surface area contributed by atoms with Crippen LogP contribution in [0.5, 0.6) is 0 Å². The molecule has 2 amide bonds. The van der Waals surface area contributed by atoms with Gasteiger partial charge in [-0.05, 0) is 44.5 Å². The van der Waals surface area contributed by atoms with Crippen LogP contribution in [0.25, 0.3) is 0 Å². The lowest BCUT2D eigenvalue weighted by atomic mass is 10.0. The summed E-state index contributed by atoms with van der Waals surface area (Å²) in [6, 6.07) is 4.33. The van der Waals surface area contributed by atoms with Crippen LogP contribution >= 0.6 is 11.6 Å².